The summed E-state index contributed by atoms with van der Waals surface area (Å²) in [6.07, 6.45) is 11.4. The van der Waals surface area contributed by atoms with Gasteiger partial charge in [-0.15, -0.1) is 0 Å². The van der Waals surface area contributed by atoms with Gasteiger partial charge in [0, 0.05) is 0 Å². The summed E-state index contributed by atoms with van der Waals surface area (Å²) in [4.78, 5) is 0. The van der Waals surface area contributed by atoms with Crippen LogP contribution in [0.2, 0.25) is 0 Å². The van der Waals surface area contributed by atoms with Crippen molar-refractivity contribution in [1.82, 2.24) is 0 Å². The van der Waals surface area contributed by atoms with Crippen LogP contribution in [0.1, 0.15) is 38.3 Å². The molecule has 1 aliphatic heterocycles. The third-order valence-electron chi connectivity index (χ3n) is 4.11. The molecule has 1 heteroatoms. The van der Waals surface area contributed by atoms with Gasteiger partial charge in [-0.2, -0.15) is 0 Å². The fourth-order valence-electron chi connectivity index (χ4n) is 3.21. The summed E-state index contributed by atoms with van der Waals surface area (Å²) in [6.45, 7) is 14.4. The van der Waals surface area contributed by atoms with Gasteiger partial charge >= 0.3 is 0 Å². The van der Waals surface area contributed by atoms with E-state index in [0.29, 0.717) is 0 Å². The van der Waals surface area contributed by atoms with Crippen molar-refractivity contribution in [3.05, 3.63) is 95.4 Å². The zero-order chi connectivity index (χ0) is 16.8. The van der Waals surface area contributed by atoms with E-state index in [0.717, 1.165) is 13.7 Å². The Kier molecular flexibility index (Phi) is 5.81. The highest BCUT2D eigenvalue weighted by molar-refractivity contribution is 6.59. The lowest BCUT2D eigenvalue weighted by molar-refractivity contribution is 1.23. The lowest BCUT2D eigenvalue weighted by atomic mass is 9.59. The van der Waals surface area contributed by atoms with Crippen LogP contribution in [0.25, 0.3) is 11.1 Å². The van der Waals surface area contributed by atoms with Gasteiger partial charge in [0.1, 0.15) is 0 Å². The van der Waals surface area contributed by atoms with E-state index < -0.39 is 0 Å². The molecule has 0 saturated carbocycles. The lowest BCUT2D eigenvalue weighted by Crippen LogP contribution is -2.00. The highest BCUT2D eigenvalue weighted by atomic mass is 14.2. The number of fused-ring (bicyclic) bond motifs is 1. The first kappa shape index (κ1) is 17.1. The number of rotatable bonds is 5. The topological polar surface area (TPSA) is 0 Å². The normalized spacial score (nSPS) is 14.2. The standard InChI is InChI=1S/C22H25B/c1-6-9-14-21-17(7-2)19-12-10-11-13-20(19)18(8-3)22(23-21)15-16(4)5/h6,8-15,23H,1,3,7H2,2,4-5H3/b14-9-. The van der Waals surface area contributed by atoms with Crippen LogP contribution in [0.5, 0.6) is 0 Å². The fraction of sp³-hybridized carbons (Fsp3) is 0.182. The van der Waals surface area contributed by atoms with Gasteiger partial charge in [-0.25, -0.2) is 0 Å². The van der Waals surface area contributed by atoms with E-state index in [9.17, 15) is 0 Å². The first-order valence-corrected chi connectivity index (χ1v) is 8.23. The van der Waals surface area contributed by atoms with Crippen LogP contribution in [-0.4, -0.2) is 7.28 Å². The molecule has 2 rings (SSSR count). The van der Waals surface area contributed by atoms with Crippen LogP contribution in [-0.2, 0) is 0 Å². The maximum Gasteiger partial charge on any atom is 0.193 e. The van der Waals surface area contributed by atoms with Crippen molar-refractivity contribution in [2.45, 2.75) is 27.2 Å². The molecular formula is C22H25B. The van der Waals surface area contributed by atoms with Crippen molar-refractivity contribution in [1.29, 1.82) is 0 Å². The molecule has 1 aliphatic rings. The molecule has 116 valence electrons. The summed E-state index contributed by atoms with van der Waals surface area (Å²) in [5.41, 5.74) is 9.28. The number of allylic oxidation sites excluding steroid dienone is 10. The largest absolute Gasteiger partial charge is 0.193 e. The van der Waals surface area contributed by atoms with Gasteiger partial charge < -0.3 is 0 Å². The number of hydrogen-bond donors (Lipinski definition) is 0. The molecule has 0 aliphatic carbocycles. The molecule has 0 atom stereocenters. The minimum absolute atomic E-state index is 0.925. The van der Waals surface area contributed by atoms with E-state index in [4.69, 9.17) is 0 Å². The summed E-state index contributed by atoms with van der Waals surface area (Å²) < 4.78 is 0. The average Bonchev–Trinajstić information content (AvgIpc) is 2.65. The van der Waals surface area contributed by atoms with Crippen LogP contribution >= 0.6 is 0 Å². The van der Waals surface area contributed by atoms with Crippen molar-refractivity contribution in [3.63, 3.8) is 0 Å². The highest BCUT2D eigenvalue weighted by Crippen LogP contribution is 2.36. The second-order valence-electron chi connectivity index (χ2n) is 6.04. The second-order valence-corrected chi connectivity index (χ2v) is 6.04. The van der Waals surface area contributed by atoms with Gasteiger partial charge in [-0.3, -0.25) is 0 Å². The zero-order valence-corrected chi connectivity index (χ0v) is 14.5. The molecule has 0 saturated heterocycles. The first-order chi connectivity index (χ1) is 11.1. The van der Waals surface area contributed by atoms with Gasteiger partial charge in [0.25, 0.3) is 0 Å². The Hall–Kier alpha value is -2.28. The molecule has 1 heterocycles. The predicted octanol–water partition coefficient (Wildman–Crippen LogP) is 5.86. The molecule has 0 nitrogen and oxygen atoms in total. The van der Waals surface area contributed by atoms with Crippen molar-refractivity contribution in [2.24, 2.45) is 0 Å². The minimum Gasteiger partial charge on any atom is -0.0991 e. The summed E-state index contributed by atoms with van der Waals surface area (Å²) in [5.74, 6) is 0. The van der Waals surface area contributed by atoms with Crippen molar-refractivity contribution < 1.29 is 0 Å². The number of hydrogen-bond acceptors (Lipinski definition) is 0. The molecule has 23 heavy (non-hydrogen) atoms. The third kappa shape index (κ3) is 3.74. The van der Waals surface area contributed by atoms with Gasteiger partial charge in [0.15, 0.2) is 7.28 Å². The van der Waals surface area contributed by atoms with Crippen LogP contribution in [0.4, 0.5) is 0 Å². The Morgan fingerprint density at radius 3 is 2.35 bits per heavy atom. The van der Waals surface area contributed by atoms with Crippen LogP contribution in [0.15, 0.2) is 84.3 Å². The van der Waals surface area contributed by atoms with E-state index >= 15 is 0 Å². The predicted molar refractivity (Wildman–Crippen MR) is 107 cm³/mol. The van der Waals surface area contributed by atoms with E-state index in [1.807, 2.05) is 18.2 Å². The van der Waals surface area contributed by atoms with E-state index in [1.165, 1.54) is 38.8 Å². The lowest BCUT2D eigenvalue weighted by Gasteiger charge is -2.13. The molecule has 0 spiro atoms. The van der Waals surface area contributed by atoms with Crippen molar-refractivity contribution >= 4 is 18.4 Å². The molecule has 0 fully saturated rings. The minimum atomic E-state index is 0.925. The molecule has 0 bridgehead atoms. The Bertz CT molecular complexity index is 735. The Morgan fingerprint density at radius 2 is 1.78 bits per heavy atom. The van der Waals surface area contributed by atoms with Gasteiger partial charge in [-0.1, -0.05) is 91.2 Å². The quantitative estimate of drug-likeness (QED) is 0.471. The Morgan fingerprint density at radius 1 is 1.09 bits per heavy atom. The monoisotopic (exact) mass is 300 g/mol. The second kappa shape index (κ2) is 7.83. The van der Waals surface area contributed by atoms with Crippen molar-refractivity contribution in [3.8, 4) is 0 Å². The van der Waals surface area contributed by atoms with E-state index in [1.54, 1.807) is 0 Å². The summed E-state index contributed by atoms with van der Waals surface area (Å²) >= 11 is 0. The molecule has 0 radical (unpaired) electrons. The molecule has 0 N–H and O–H groups in total. The van der Waals surface area contributed by atoms with E-state index in [-0.39, 0.29) is 0 Å². The smallest absolute Gasteiger partial charge is 0.0991 e. The molecule has 0 amide bonds. The number of benzene rings is 1. The molecule has 1 aromatic rings. The molecule has 0 aromatic heterocycles. The average molecular weight is 300 g/mol. The molecule has 0 unspecified atom stereocenters. The fourth-order valence-corrected chi connectivity index (χ4v) is 3.21. The van der Waals surface area contributed by atoms with Crippen LogP contribution < -0.4 is 0 Å². The molecule has 1 aromatic carbocycles. The van der Waals surface area contributed by atoms with Gasteiger partial charge in [0.2, 0.25) is 0 Å². The highest BCUT2D eigenvalue weighted by Gasteiger charge is 2.19. The van der Waals surface area contributed by atoms with Gasteiger partial charge in [-0.05, 0) is 42.5 Å². The zero-order valence-electron chi connectivity index (χ0n) is 14.5. The first-order valence-electron chi connectivity index (χ1n) is 8.23. The maximum atomic E-state index is 4.08. The Labute approximate surface area is 141 Å². The third-order valence-corrected chi connectivity index (χ3v) is 4.11. The SMILES string of the molecule is C=C/C=C\C1=C(CC)c2ccccc2C(C=C)=C(C=C(C)C)B1. The van der Waals surface area contributed by atoms with Crippen LogP contribution in [0.3, 0.4) is 0 Å². The van der Waals surface area contributed by atoms with Crippen molar-refractivity contribution in [2.75, 3.05) is 0 Å². The Balaban J connectivity index is 2.81. The van der Waals surface area contributed by atoms with Gasteiger partial charge in [0.05, 0.1) is 0 Å². The van der Waals surface area contributed by atoms with E-state index in [2.05, 4.69) is 70.3 Å². The summed E-state index contributed by atoms with van der Waals surface area (Å²) in [7, 11) is 0.925. The molecular weight excluding hydrogens is 275 g/mol. The summed E-state index contributed by atoms with van der Waals surface area (Å²) in [5, 5.41) is 0. The van der Waals surface area contributed by atoms with Crippen LogP contribution in [0, 0.1) is 0 Å². The maximum absolute atomic E-state index is 4.08. The summed E-state index contributed by atoms with van der Waals surface area (Å²) in [6, 6.07) is 8.67.